The van der Waals surface area contributed by atoms with Gasteiger partial charge in [-0.2, -0.15) is 5.26 Å². The van der Waals surface area contributed by atoms with E-state index in [2.05, 4.69) is 20.9 Å². The van der Waals surface area contributed by atoms with E-state index in [0.717, 1.165) is 28.5 Å². The van der Waals surface area contributed by atoms with Crippen molar-refractivity contribution in [2.75, 3.05) is 19.3 Å². The maximum Gasteiger partial charge on any atom is 0.160 e. The number of fused-ring (bicyclic) bond motifs is 1. The van der Waals surface area contributed by atoms with E-state index in [9.17, 15) is 5.26 Å². The van der Waals surface area contributed by atoms with Crippen LogP contribution in [0.2, 0.25) is 0 Å². The minimum Gasteiger partial charge on any atom is -0.367 e. The van der Waals surface area contributed by atoms with Crippen molar-refractivity contribution in [2.24, 2.45) is 7.05 Å². The second kappa shape index (κ2) is 4.59. The normalized spacial score (nSPS) is 17.8. The van der Waals surface area contributed by atoms with Crippen LogP contribution in [0.1, 0.15) is 5.82 Å². The van der Waals surface area contributed by atoms with Crippen LogP contribution in [-0.4, -0.2) is 38.8 Å². The van der Waals surface area contributed by atoms with Crippen LogP contribution in [0.25, 0.3) is 16.7 Å². The number of pyridine rings is 1. The largest absolute Gasteiger partial charge is 0.367 e. The molecule has 19 heavy (non-hydrogen) atoms. The lowest BCUT2D eigenvalue weighted by Gasteiger charge is -2.13. The third-order valence-corrected chi connectivity index (χ3v) is 4.37. The molecule has 0 N–H and O–H groups in total. The first-order valence-corrected chi connectivity index (χ1v) is 6.97. The van der Waals surface area contributed by atoms with E-state index >= 15 is 0 Å². The first kappa shape index (κ1) is 12.1. The predicted octanol–water partition coefficient (Wildman–Crippen LogP) is 1.84. The van der Waals surface area contributed by atoms with Gasteiger partial charge in [-0.05, 0) is 12.1 Å². The number of hydrogen-bond acceptors (Lipinski definition) is 5. The summed E-state index contributed by atoms with van der Waals surface area (Å²) in [5.74, 6) is 1.70. The average Bonchev–Trinajstić information content (AvgIpc) is 2.98. The molecule has 0 amide bonds. The van der Waals surface area contributed by atoms with Crippen LogP contribution in [0.3, 0.4) is 0 Å². The van der Waals surface area contributed by atoms with Crippen molar-refractivity contribution in [3.8, 4) is 6.07 Å². The molecule has 1 aliphatic rings. The summed E-state index contributed by atoms with van der Waals surface area (Å²) in [6.45, 7) is 0.966. The summed E-state index contributed by atoms with van der Waals surface area (Å²) in [6.07, 6.45) is 1.74. The molecule has 0 atom stereocenters. The van der Waals surface area contributed by atoms with Crippen LogP contribution in [-0.2, 0) is 7.05 Å². The van der Waals surface area contributed by atoms with Crippen molar-refractivity contribution in [1.29, 1.82) is 5.26 Å². The van der Waals surface area contributed by atoms with Crippen molar-refractivity contribution in [3.05, 3.63) is 29.2 Å². The molecule has 0 unspecified atom stereocenters. The minimum atomic E-state index is 0.630. The molecular weight excluding hydrogens is 258 g/mol. The molecule has 0 radical (unpaired) electrons. The zero-order valence-electron chi connectivity index (χ0n) is 10.8. The van der Waals surface area contributed by atoms with E-state index in [0.29, 0.717) is 11.4 Å². The Bertz CT molecular complexity index is 709. The van der Waals surface area contributed by atoms with Gasteiger partial charge < -0.3 is 9.47 Å². The summed E-state index contributed by atoms with van der Waals surface area (Å²) in [5.41, 5.74) is 2.25. The fourth-order valence-corrected chi connectivity index (χ4v) is 3.35. The lowest BCUT2D eigenvalue weighted by molar-refractivity contribution is 0.494. The van der Waals surface area contributed by atoms with Crippen molar-refractivity contribution in [2.45, 2.75) is 0 Å². The second-order valence-corrected chi connectivity index (χ2v) is 5.49. The van der Waals surface area contributed by atoms with Crippen LogP contribution in [0.4, 0.5) is 0 Å². The van der Waals surface area contributed by atoms with Crippen LogP contribution < -0.4 is 0 Å². The van der Waals surface area contributed by atoms with Gasteiger partial charge in [0.25, 0.3) is 0 Å². The Morgan fingerprint density at radius 3 is 2.95 bits per heavy atom. The van der Waals surface area contributed by atoms with Gasteiger partial charge in [0.15, 0.2) is 11.5 Å². The molecule has 2 aromatic rings. The quantitative estimate of drug-likeness (QED) is 0.741. The Morgan fingerprint density at radius 1 is 1.47 bits per heavy atom. The summed E-state index contributed by atoms with van der Waals surface area (Å²) >= 11 is 1.71. The highest BCUT2D eigenvalue weighted by Crippen LogP contribution is 2.33. The van der Waals surface area contributed by atoms with Gasteiger partial charge >= 0.3 is 0 Å². The maximum atomic E-state index is 9.49. The van der Waals surface area contributed by atoms with Crippen LogP contribution in [0.5, 0.6) is 0 Å². The molecule has 6 heteroatoms. The molecule has 0 aliphatic carbocycles. The maximum absolute atomic E-state index is 9.49. The molecule has 96 valence electrons. The Balaban J connectivity index is 2.23. The first-order chi connectivity index (χ1) is 9.22. The third kappa shape index (κ3) is 1.87. The third-order valence-electron chi connectivity index (χ3n) is 3.19. The van der Waals surface area contributed by atoms with Gasteiger partial charge in [0, 0.05) is 32.6 Å². The predicted molar refractivity (Wildman–Crippen MR) is 76.1 cm³/mol. The molecular formula is C13H13N5S. The second-order valence-electron chi connectivity index (χ2n) is 4.40. The summed E-state index contributed by atoms with van der Waals surface area (Å²) in [5, 5.41) is 10.5. The van der Waals surface area contributed by atoms with Gasteiger partial charge in [-0.3, -0.25) is 0 Å². The van der Waals surface area contributed by atoms with Crippen LogP contribution in [0.15, 0.2) is 23.4 Å². The molecule has 0 spiro atoms. The number of aromatic nitrogens is 3. The molecule has 0 aromatic carbocycles. The zero-order chi connectivity index (χ0) is 13.4. The van der Waals surface area contributed by atoms with E-state index in [1.807, 2.05) is 30.8 Å². The number of nitriles is 1. The number of hydrogen-bond donors (Lipinski definition) is 0. The fourth-order valence-electron chi connectivity index (χ4n) is 2.19. The minimum absolute atomic E-state index is 0.630. The van der Waals surface area contributed by atoms with E-state index in [-0.39, 0.29) is 0 Å². The molecule has 1 fully saturated rings. The highest BCUT2D eigenvalue weighted by Gasteiger charge is 2.23. The smallest absolute Gasteiger partial charge is 0.160 e. The summed E-state index contributed by atoms with van der Waals surface area (Å²) in [4.78, 5) is 11.0. The first-order valence-electron chi connectivity index (χ1n) is 5.98. The van der Waals surface area contributed by atoms with Gasteiger partial charge in [-0.15, -0.1) is 11.8 Å². The standard InChI is InChI=1S/C13H13N5S/c1-17-6-7-19-13(17)9(8-14)11-16-10-4-3-5-15-12(10)18(11)2/h3-5H,6-7H2,1-2H3/b13-9+. The molecule has 1 aliphatic heterocycles. The average molecular weight is 271 g/mol. The van der Waals surface area contributed by atoms with E-state index in [1.54, 1.807) is 18.0 Å². The lowest BCUT2D eigenvalue weighted by atomic mass is 10.3. The van der Waals surface area contributed by atoms with Gasteiger partial charge in [0.1, 0.15) is 17.2 Å². The Hall–Kier alpha value is -2.00. The number of imidazole rings is 1. The summed E-state index contributed by atoms with van der Waals surface area (Å²) in [6, 6.07) is 6.07. The highest BCUT2D eigenvalue weighted by molar-refractivity contribution is 8.03. The molecule has 1 saturated heterocycles. The highest BCUT2D eigenvalue weighted by atomic mass is 32.2. The molecule has 3 heterocycles. The fraction of sp³-hybridized carbons (Fsp3) is 0.308. The number of nitrogens with zero attached hydrogens (tertiary/aromatic N) is 5. The number of thioether (sulfide) groups is 1. The van der Waals surface area contributed by atoms with E-state index in [4.69, 9.17) is 0 Å². The topological polar surface area (TPSA) is 57.7 Å². The summed E-state index contributed by atoms with van der Waals surface area (Å²) < 4.78 is 1.88. The SMILES string of the molecule is CN1CCS/C1=C(\C#N)c1nc2cccnc2n1C. The monoisotopic (exact) mass is 271 g/mol. The van der Waals surface area contributed by atoms with Crippen LogP contribution in [0, 0.1) is 11.3 Å². The summed E-state index contributed by atoms with van der Waals surface area (Å²) in [7, 11) is 3.91. The number of allylic oxidation sites excluding steroid dienone is 1. The lowest BCUT2D eigenvalue weighted by Crippen LogP contribution is -2.13. The molecule has 5 nitrogen and oxygen atoms in total. The van der Waals surface area contributed by atoms with Gasteiger partial charge in [-0.25, -0.2) is 9.97 Å². The van der Waals surface area contributed by atoms with Crippen molar-refractivity contribution in [3.63, 3.8) is 0 Å². The van der Waals surface area contributed by atoms with Crippen molar-refractivity contribution >= 4 is 28.5 Å². The van der Waals surface area contributed by atoms with Gasteiger partial charge in [0.05, 0.1) is 5.03 Å². The van der Waals surface area contributed by atoms with E-state index < -0.39 is 0 Å². The Morgan fingerprint density at radius 2 is 2.32 bits per heavy atom. The Labute approximate surface area is 115 Å². The van der Waals surface area contributed by atoms with E-state index in [1.165, 1.54) is 0 Å². The molecule has 0 saturated carbocycles. The zero-order valence-corrected chi connectivity index (χ0v) is 11.6. The molecule has 0 bridgehead atoms. The number of rotatable bonds is 1. The van der Waals surface area contributed by atoms with Crippen molar-refractivity contribution in [1.82, 2.24) is 19.4 Å². The van der Waals surface area contributed by atoms with Crippen molar-refractivity contribution < 1.29 is 0 Å². The Kier molecular flexibility index (Phi) is 2.91. The molecule has 2 aromatic heterocycles. The van der Waals surface area contributed by atoms with Gasteiger partial charge in [0.2, 0.25) is 0 Å². The van der Waals surface area contributed by atoms with Gasteiger partial charge in [-0.1, -0.05) is 0 Å². The van der Waals surface area contributed by atoms with Crippen LogP contribution >= 0.6 is 11.8 Å². The number of aryl methyl sites for hydroxylation is 1. The molecule has 3 rings (SSSR count).